The van der Waals surface area contributed by atoms with Crippen molar-refractivity contribution in [2.45, 2.75) is 52.0 Å². The van der Waals surface area contributed by atoms with Crippen LogP contribution in [-0.2, 0) is 23.1 Å². The van der Waals surface area contributed by atoms with Gasteiger partial charge in [-0.25, -0.2) is 0 Å². The Morgan fingerprint density at radius 2 is 2.03 bits per heavy atom. The first-order chi connectivity index (χ1) is 16.8. The summed E-state index contributed by atoms with van der Waals surface area (Å²) in [6.45, 7) is 4.76. The van der Waals surface area contributed by atoms with Crippen LogP contribution in [0, 0.1) is 13.8 Å². The highest BCUT2D eigenvalue weighted by Gasteiger charge is 2.22. The Morgan fingerprint density at radius 1 is 1.23 bits per heavy atom. The average molecular weight is 486 g/mol. The summed E-state index contributed by atoms with van der Waals surface area (Å²) in [5.74, 6) is 0.303. The number of rotatable bonds is 5. The van der Waals surface area contributed by atoms with E-state index in [1.807, 2.05) is 25.6 Å². The van der Waals surface area contributed by atoms with Crippen molar-refractivity contribution in [1.82, 2.24) is 25.7 Å². The fourth-order valence-corrected chi connectivity index (χ4v) is 4.12. The van der Waals surface area contributed by atoms with Gasteiger partial charge in [-0.3, -0.25) is 19.1 Å². The second kappa shape index (κ2) is 12.2. The van der Waals surface area contributed by atoms with E-state index in [0.29, 0.717) is 49.3 Å². The van der Waals surface area contributed by atoms with Crippen LogP contribution in [-0.4, -0.2) is 60.4 Å². The smallest absolute Gasteiger partial charge is 0.255 e. The Kier molecular flexibility index (Phi) is 9.11. The highest BCUT2D eigenvalue weighted by atomic mass is 16.5. The van der Waals surface area contributed by atoms with Crippen LogP contribution in [0.2, 0.25) is 0 Å². The van der Waals surface area contributed by atoms with Crippen molar-refractivity contribution in [2.24, 2.45) is 7.05 Å². The third-order valence-electron chi connectivity index (χ3n) is 6.21. The van der Waals surface area contributed by atoms with Crippen molar-refractivity contribution in [3.8, 4) is 11.5 Å². The number of carbonyl (C=O) groups excluding carboxylic acids is 3. The Bertz CT molecular complexity index is 1060. The maximum atomic E-state index is 12.8. The number of amides is 3. The number of nitrogens with zero attached hydrogens (tertiary/aromatic N) is 2. The number of carbonyl (C=O) groups is 3. The molecule has 2 aromatic rings. The van der Waals surface area contributed by atoms with Crippen LogP contribution in [0.15, 0.2) is 18.2 Å². The van der Waals surface area contributed by atoms with Crippen molar-refractivity contribution in [3.63, 3.8) is 0 Å². The van der Waals surface area contributed by atoms with Gasteiger partial charge in [-0.1, -0.05) is 0 Å². The lowest BCUT2D eigenvalue weighted by Crippen LogP contribution is -2.47. The molecule has 3 N–H and O–H groups in total. The molecule has 1 aliphatic rings. The molecule has 1 atom stereocenters. The Balaban J connectivity index is 1.61. The summed E-state index contributed by atoms with van der Waals surface area (Å²) < 4.78 is 12.8. The minimum absolute atomic E-state index is 0.166. The third-order valence-corrected chi connectivity index (χ3v) is 6.21. The minimum Gasteiger partial charge on any atom is -0.497 e. The molecule has 0 unspecified atom stereocenters. The number of ether oxygens (including phenoxy) is 2. The predicted octanol–water partition coefficient (Wildman–Crippen LogP) is 1.57. The van der Waals surface area contributed by atoms with Crippen molar-refractivity contribution >= 4 is 17.7 Å². The van der Waals surface area contributed by atoms with Gasteiger partial charge in [0, 0.05) is 31.8 Å². The number of fused-ring (bicyclic) bond motifs is 1. The van der Waals surface area contributed by atoms with E-state index in [-0.39, 0.29) is 37.3 Å². The first kappa shape index (κ1) is 26.1. The normalized spacial score (nSPS) is 17.3. The summed E-state index contributed by atoms with van der Waals surface area (Å²) in [7, 11) is 3.42. The maximum absolute atomic E-state index is 12.8. The molecule has 0 fully saturated rings. The van der Waals surface area contributed by atoms with Crippen LogP contribution >= 0.6 is 0 Å². The third kappa shape index (κ3) is 6.97. The van der Waals surface area contributed by atoms with Gasteiger partial charge in [-0.05, 0) is 57.2 Å². The van der Waals surface area contributed by atoms with Crippen molar-refractivity contribution in [2.75, 3.05) is 26.8 Å². The highest BCUT2D eigenvalue weighted by Crippen LogP contribution is 2.25. The van der Waals surface area contributed by atoms with Crippen LogP contribution < -0.4 is 25.4 Å². The van der Waals surface area contributed by atoms with Gasteiger partial charge in [-0.15, -0.1) is 0 Å². The first-order valence-electron chi connectivity index (χ1n) is 11.9. The predicted molar refractivity (Wildman–Crippen MR) is 131 cm³/mol. The number of hydrogen-bond acceptors (Lipinski definition) is 6. The fourth-order valence-electron chi connectivity index (χ4n) is 4.12. The first-order valence-corrected chi connectivity index (χ1v) is 11.9. The van der Waals surface area contributed by atoms with Gasteiger partial charge in [0.1, 0.15) is 24.1 Å². The zero-order valence-corrected chi connectivity index (χ0v) is 20.9. The number of nitrogens with one attached hydrogen (secondary N) is 3. The van der Waals surface area contributed by atoms with E-state index in [2.05, 4.69) is 21.0 Å². The average Bonchev–Trinajstić information content (AvgIpc) is 3.08. The second-order valence-corrected chi connectivity index (χ2v) is 8.65. The number of methoxy groups -OCH3 is 1. The van der Waals surface area contributed by atoms with Crippen molar-refractivity contribution in [1.29, 1.82) is 0 Å². The largest absolute Gasteiger partial charge is 0.497 e. The molecular weight excluding hydrogens is 450 g/mol. The molecule has 1 aliphatic heterocycles. The quantitative estimate of drug-likeness (QED) is 0.591. The van der Waals surface area contributed by atoms with E-state index in [1.54, 1.807) is 25.3 Å². The number of aryl methyl sites for hydroxylation is 2. The molecule has 190 valence electrons. The van der Waals surface area contributed by atoms with Gasteiger partial charge in [0.25, 0.3) is 5.91 Å². The molecule has 0 saturated carbocycles. The van der Waals surface area contributed by atoms with Gasteiger partial charge in [0.2, 0.25) is 11.8 Å². The molecule has 3 rings (SSSR count). The summed E-state index contributed by atoms with van der Waals surface area (Å²) in [6, 6.07) is 4.37. The molecule has 1 aromatic heterocycles. The van der Waals surface area contributed by atoms with E-state index < -0.39 is 6.04 Å². The van der Waals surface area contributed by atoms with Crippen molar-refractivity contribution < 1.29 is 23.9 Å². The number of hydrogen-bond donors (Lipinski definition) is 3. The Labute approximate surface area is 205 Å². The van der Waals surface area contributed by atoms with E-state index in [4.69, 9.17) is 9.47 Å². The fraction of sp³-hybridized carbons (Fsp3) is 0.520. The second-order valence-electron chi connectivity index (χ2n) is 8.65. The van der Waals surface area contributed by atoms with E-state index >= 15 is 0 Å². The Morgan fingerprint density at radius 3 is 2.74 bits per heavy atom. The summed E-state index contributed by atoms with van der Waals surface area (Å²) in [5, 5.41) is 13.0. The van der Waals surface area contributed by atoms with Gasteiger partial charge in [0.15, 0.2) is 0 Å². The lowest BCUT2D eigenvalue weighted by molar-refractivity contribution is -0.129. The number of aromatic nitrogens is 2. The zero-order valence-electron chi connectivity index (χ0n) is 20.9. The molecule has 0 aliphatic carbocycles. The molecule has 0 saturated heterocycles. The van der Waals surface area contributed by atoms with Gasteiger partial charge in [0.05, 0.1) is 24.9 Å². The molecular formula is C25H35N5O5. The van der Waals surface area contributed by atoms with E-state index in [1.165, 1.54) is 0 Å². The standard InChI is InChI=1S/C25H35N5O5/c1-16-19(17(2)30(3)29-16)10-11-23(31)28-21-7-5-6-12-26-24(32)20-9-8-18(34-4)15-22(20)35-14-13-27-25(21)33/h8-9,15,21H,5-7,10-14H2,1-4H3,(H,26,32)(H,27,33)(H,28,31)/t21-/m0/s1. The maximum Gasteiger partial charge on any atom is 0.255 e. The van der Waals surface area contributed by atoms with Gasteiger partial charge >= 0.3 is 0 Å². The molecule has 3 amide bonds. The monoisotopic (exact) mass is 485 g/mol. The van der Waals surface area contributed by atoms with E-state index in [9.17, 15) is 14.4 Å². The molecule has 2 heterocycles. The number of benzene rings is 1. The van der Waals surface area contributed by atoms with Crippen LogP contribution in [0.1, 0.15) is 53.0 Å². The summed E-state index contributed by atoms with van der Waals surface area (Å²) in [4.78, 5) is 38.1. The van der Waals surface area contributed by atoms with Crippen LogP contribution in [0.25, 0.3) is 0 Å². The van der Waals surface area contributed by atoms with Crippen molar-refractivity contribution in [3.05, 3.63) is 40.7 Å². The topological polar surface area (TPSA) is 124 Å². The van der Waals surface area contributed by atoms with Gasteiger partial charge in [-0.2, -0.15) is 5.10 Å². The lowest BCUT2D eigenvalue weighted by atomic mass is 10.1. The summed E-state index contributed by atoms with van der Waals surface area (Å²) >= 11 is 0. The lowest BCUT2D eigenvalue weighted by Gasteiger charge is -2.20. The Hall–Kier alpha value is -3.56. The highest BCUT2D eigenvalue weighted by molar-refractivity contribution is 5.97. The van der Waals surface area contributed by atoms with E-state index in [0.717, 1.165) is 17.0 Å². The molecule has 0 bridgehead atoms. The molecule has 1 aromatic carbocycles. The zero-order chi connectivity index (χ0) is 25.4. The summed E-state index contributed by atoms with van der Waals surface area (Å²) in [6.07, 6.45) is 2.66. The molecule has 0 spiro atoms. The molecule has 35 heavy (non-hydrogen) atoms. The SMILES string of the molecule is COc1ccc2c(c1)OCCNC(=O)[C@@H](NC(=O)CCc1c(C)nn(C)c1C)CCCCNC2=O. The minimum atomic E-state index is -0.649. The van der Waals surface area contributed by atoms with Crippen LogP contribution in [0.5, 0.6) is 11.5 Å². The van der Waals surface area contributed by atoms with Crippen LogP contribution in [0.3, 0.4) is 0 Å². The molecule has 0 radical (unpaired) electrons. The van der Waals surface area contributed by atoms with Gasteiger partial charge < -0.3 is 25.4 Å². The molecule has 10 heteroatoms. The molecule has 10 nitrogen and oxygen atoms in total. The van der Waals surface area contributed by atoms with Crippen LogP contribution in [0.4, 0.5) is 0 Å². The summed E-state index contributed by atoms with van der Waals surface area (Å²) in [5.41, 5.74) is 3.42.